The highest BCUT2D eigenvalue weighted by Gasteiger charge is 2.25. The lowest BCUT2D eigenvalue weighted by atomic mass is 10.3. The molecule has 1 aromatic rings. The van der Waals surface area contributed by atoms with Crippen molar-refractivity contribution >= 4 is 43.2 Å². The number of nitrogens with one attached hydrogen (secondary N) is 1. The van der Waals surface area contributed by atoms with Crippen LogP contribution >= 0.6 is 27.5 Å². The molecular weight excluding hydrogens is 363 g/mol. The molecule has 0 fully saturated rings. The van der Waals surface area contributed by atoms with Crippen molar-refractivity contribution in [3.63, 3.8) is 0 Å². The van der Waals surface area contributed by atoms with Crippen LogP contribution in [0.3, 0.4) is 0 Å². The second-order valence-corrected chi connectivity index (χ2v) is 6.82. The maximum absolute atomic E-state index is 13.9. The van der Waals surface area contributed by atoms with Crippen LogP contribution in [-0.2, 0) is 10.0 Å². The highest BCUT2D eigenvalue weighted by atomic mass is 79.9. The summed E-state index contributed by atoms with van der Waals surface area (Å²) in [5.41, 5.74) is 5.06. The molecule has 0 amide bonds. The van der Waals surface area contributed by atoms with Gasteiger partial charge in [0.15, 0.2) is 5.82 Å². The number of halogens is 3. The zero-order valence-electron chi connectivity index (χ0n) is 9.95. The summed E-state index contributed by atoms with van der Waals surface area (Å²) in [6.07, 6.45) is 0.209. The summed E-state index contributed by atoms with van der Waals surface area (Å²) in [4.78, 5) is -0.622. The maximum atomic E-state index is 13.9. The fourth-order valence-electron chi connectivity index (χ4n) is 1.38. The van der Waals surface area contributed by atoms with Crippen molar-refractivity contribution in [2.75, 3.05) is 12.3 Å². The van der Waals surface area contributed by atoms with Gasteiger partial charge in [0.25, 0.3) is 0 Å². The van der Waals surface area contributed by atoms with Crippen molar-refractivity contribution in [2.24, 2.45) is 0 Å². The molecule has 0 heterocycles. The van der Waals surface area contributed by atoms with E-state index >= 15 is 0 Å². The summed E-state index contributed by atoms with van der Waals surface area (Å²) in [5.74, 6) is -1.07. The SMILES string of the molecule is CC(CCO)NS(=O)(=O)c1cc(Cl)c(Br)c(N)c1F. The molecule has 0 aliphatic heterocycles. The van der Waals surface area contributed by atoms with Crippen LogP contribution in [0.25, 0.3) is 0 Å². The molecule has 0 radical (unpaired) electrons. The van der Waals surface area contributed by atoms with Crippen LogP contribution in [0.2, 0.25) is 5.02 Å². The summed E-state index contributed by atoms with van der Waals surface area (Å²) in [6, 6.07) is 0.434. The second kappa shape index (κ2) is 6.36. The Morgan fingerprint density at radius 1 is 1.63 bits per heavy atom. The number of benzene rings is 1. The quantitative estimate of drug-likeness (QED) is 0.541. The van der Waals surface area contributed by atoms with Crippen LogP contribution in [0.1, 0.15) is 13.3 Å². The molecule has 0 aliphatic rings. The molecule has 0 aliphatic carbocycles. The van der Waals surface area contributed by atoms with Gasteiger partial charge >= 0.3 is 0 Å². The van der Waals surface area contributed by atoms with E-state index in [2.05, 4.69) is 20.7 Å². The van der Waals surface area contributed by atoms with E-state index < -0.39 is 26.8 Å². The summed E-state index contributed by atoms with van der Waals surface area (Å²) >= 11 is 8.73. The molecule has 1 unspecified atom stereocenters. The molecule has 0 saturated carbocycles. The molecule has 1 atom stereocenters. The monoisotopic (exact) mass is 374 g/mol. The van der Waals surface area contributed by atoms with E-state index in [9.17, 15) is 12.8 Å². The lowest BCUT2D eigenvalue weighted by Crippen LogP contribution is -2.33. The number of aliphatic hydroxyl groups is 1. The van der Waals surface area contributed by atoms with E-state index in [1.165, 1.54) is 0 Å². The summed E-state index contributed by atoms with van der Waals surface area (Å²) in [7, 11) is -4.10. The standard InChI is InChI=1S/C10H13BrClFN2O3S/c1-5(2-3-16)15-19(17,18)7-4-6(12)8(11)10(14)9(7)13/h4-5,15-16H,2-3,14H2,1H3. The lowest BCUT2D eigenvalue weighted by Gasteiger charge is -2.15. The van der Waals surface area contributed by atoms with Crippen molar-refractivity contribution < 1.29 is 17.9 Å². The summed E-state index contributed by atoms with van der Waals surface area (Å²) in [5, 5.41) is 8.72. The molecule has 0 bridgehead atoms. The fraction of sp³-hybridized carbons (Fsp3) is 0.400. The number of sulfonamides is 1. The van der Waals surface area contributed by atoms with Crippen molar-refractivity contribution in [2.45, 2.75) is 24.3 Å². The summed E-state index contributed by atoms with van der Waals surface area (Å²) in [6.45, 7) is 1.37. The van der Waals surface area contributed by atoms with Gasteiger partial charge in [-0.3, -0.25) is 0 Å². The van der Waals surface area contributed by atoms with Crippen LogP contribution in [0, 0.1) is 5.82 Å². The Labute approximate surface area is 124 Å². The van der Waals surface area contributed by atoms with Gasteiger partial charge in [0.1, 0.15) is 4.90 Å². The number of nitrogens with two attached hydrogens (primary N) is 1. The first-order chi connectivity index (χ1) is 8.70. The third-order valence-electron chi connectivity index (χ3n) is 2.36. The average molecular weight is 376 g/mol. The normalized spacial score (nSPS) is 13.5. The third-order valence-corrected chi connectivity index (χ3v) is 5.33. The zero-order chi connectivity index (χ0) is 14.8. The Hall–Kier alpha value is -0.410. The number of rotatable bonds is 5. The average Bonchev–Trinajstić information content (AvgIpc) is 2.30. The molecule has 0 aromatic heterocycles. The molecule has 1 rings (SSSR count). The van der Waals surface area contributed by atoms with Gasteiger partial charge < -0.3 is 10.8 Å². The molecule has 5 nitrogen and oxygen atoms in total. The van der Waals surface area contributed by atoms with Gasteiger partial charge in [-0.25, -0.2) is 17.5 Å². The van der Waals surface area contributed by atoms with Gasteiger partial charge in [0, 0.05) is 12.6 Å². The molecular formula is C10H13BrClFN2O3S. The van der Waals surface area contributed by atoms with Gasteiger partial charge in [0.2, 0.25) is 10.0 Å². The molecule has 4 N–H and O–H groups in total. The first-order valence-corrected chi connectivity index (χ1v) is 7.92. The van der Waals surface area contributed by atoms with Crippen molar-refractivity contribution in [3.8, 4) is 0 Å². The number of aliphatic hydroxyl groups excluding tert-OH is 1. The Bertz CT molecular complexity index is 583. The number of hydrogen-bond donors (Lipinski definition) is 3. The molecule has 0 saturated heterocycles. The van der Waals surface area contributed by atoms with Gasteiger partial charge in [-0.15, -0.1) is 0 Å². The Kier molecular flexibility index (Phi) is 5.57. The number of anilines is 1. The minimum absolute atomic E-state index is 0.00548. The van der Waals surface area contributed by atoms with E-state index in [1.807, 2.05) is 0 Å². The molecule has 1 aromatic carbocycles. The third kappa shape index (κ3) is 3.79. The fourth-order valence-corrected chi connectivity index (χ4v) is 3.33. The Balaban J connectivity index is 3.23. The van der Waals surface area contributed by atoms with E-state index in [4.69, 9.17) is 22.4 Å². The highest BCUT2D eigenvalue weighted by molar-refractivity contribution is 9.10. The van der Waals surface area contributed by atoms with Crippen LogP contribution < -0.4 is 10.5 Å². The maximum Gasteiger partial charge on any atom is 0.243 e. The van der Waals surface area contributed by atoms with Gasteiger partial charge in [-0.05, 0) is 35.3 Å². The van der Waals surface area contributed by atoms with Gasteiger partial charge in [-0.1, -0.05) is 11.6 Å². The van der Waals surface area contributed by atoms with Crippen LogP contribution in [0.5, 0.6) is 0 Å². The highest BCUT2D eigenvalue weighted by Crippen LogP contribution is 2.34. The number of hydrogen-bond acceptors (Lipinski definition) is 4. The Morgan fingerprint density at radius 3 is 2.74 bits per heavy atom. The molecule has 0 spiro atoms. The van der Waals surface area contributed by atoms with Crippen molar-refractivity contribution in [1.82, 2.24) is 4.72 Å². The smallest absolute Gasteiger partial charge is 0.243 e. The van der Waals surface area contributed by atoms with E-state index in [0.717, 1.165) is 6.07 Å². The van der Waals surface area contributed by atoms with E-state index in [-0.39, 0.29) is 28.2 Å². The largest absolute Gasteiger partial charge is 0.396 e. The first-order valence-electron chi connectivity index (χ1n) is 5.27. The molecule has 108 valence electrons. The zero-order valence-corrected chi connectivity index (χ0v) is 13.1. The lowest BCUT2D eigenvalue weighted by molar-refractivity contribution is 0.275. The van der Waals surface area contributed by atoms with Crippen LogP contribution in [0.4, 0.5) is 10.1 Å². The molecule has 9 heteroatoms. The summed E-state index contributed by atoms with van der Waals surface area (Å²) < 4.78 is 40.2. The second-order valence-electron chi connectivity index (χ2n) is 3.93. The van der Waals surface area contributed by atoms with E-state index in [1.54, 1.807) is 6.92 Å². The van der Waals surface area contributed by atoms with Crippen molar-refractivity contribution in [1.29, 1.82) is 0 Å². The molecule has 19 heavy (non-hydrogen) atoms. The van der Waals surface area contributed by atoms with Crippen LogP contribution in [-0.4, -0.2) is 26.2 Å². The van der Waals surface area contributed by atoms with Gasteiger partial charge in [0.05, 0.1) is 15.2 Å². The topological polar surface area (TPSA) is 92.4 Å². The minimum atomic E-state index is -4.10. The van der Waals surface area contributed by atoms with Crippen molar-refractivity contribution in [3.05, 3.63) is 21.4 Å². The first kappa shape index (κ1) is 16.6. The predicted octanol–water partition coefficient (Wildman–Crippen LogP) is 1.87. The number of nitrogen functional groups attached to an aromatic ring is 1. The van der Waals surface area contributed by atoms with Gasteiger partial charge in [-0.2, -0.15) is 0 Å². The van der Waals surface area contributed by atoms with Crippen LogP contribution in [0.15, 0.2) is 15.4 Å². The predicted molar refractivity (Wildman–Crippen MR) is 75.0 cm³/mol. The van der Waals surface area contributed by atoms with E-state index in [0.29, 0.717) is 0 Å². The minimum Gasteiger partial charge on any atom is -0.396 e. The Morgan fingerprint density at radius 2 is 2.21 bits per heavy atom.